The summed E-state index contributed by atoms with van der Waals surface area (Å²) >= 11 is 1.42. The zero-order valence-corrected chi connectivity index (χ0v) is 12.1. The molecule has 1 aliphatic rings. The van der Waals surface area contributed by atoms with Crippen LogP contribution in [0.4, 0.5) is 0 Å². The molecule has 0 bridgehead atoms. The maximum absolute atomic E-state index is 11.8. The van der Waals surface area contributed by atoms with E-state index in [4.69, 9.17) is 0 Å². The number of nitrogens with zero attached hydrogens (tertiary/aromatic N) is 4. The van der Waals surface area contributed by atoms with Crippen LogP contribution in [0.5, 0.6) is 0 Å². The highest BCUT2D eigenvalue weighted by atomic mass is 32.2. The molecular formula is C12H15N5O2S. The van der Waals surface area contributed by atoms with Crippen molar-refractivity contribution in [2.24, 2.45) is 14.1 Å². The molecule has 0 aromatic carbocycles. The van der Waals surface area contributed by atoms with Gasteiger partial charge in [-0.25, -0.2) is 9.78 Å². The molecule has 0 atom stereocenters. The van der Waals surface area contributed by atoms with Crippen LogP contribution < -0.4 is 11.2 Å². The third-order valence-electron chi connectivity index (χ3n) is 3.42. The molecule has 8 heteroatoms. The van der Waals surface area contributed by atoms with E-state index in [2.05, 4.69) is 15.2 Å². The lowest BCUT2D eigenvalue weighted by Crippen LogP contribution is -2.37. The number of thioether (sulfide) groups is 1. The largest absolute Gasteiger partial charge is 0.330 e. The van der Waals surface area contributed by atoms with E-state index in [0.717, 1.165) is 10.4 Å². The topological polar surface area (TPSA) is 85.6 Å². The van der Waals surface area contributed by atoms with Crippen LogP contribution in [-0.4, -0.2) is 24.3 Å². The minimum Gasteiger partial charge on any atom is -0.300 e. The minimum absolute atomic E-state index is 0.294. The van der Waals surface area contributed by atoms with Crippen molar-refractivity contribution >= 4 is 11.8 Å². The Kier molecular flexibility index (Phi) is 3.25. The first-order valence-corrected chi connectivity index (χ1v) is 7.36. The third kappa shape index (κ3) is 2.43. The van der Waals surface area contributed by atoms with E-state index < -0.39 is 0 Å². The second kappa shape index (κ2) is 4.93. The van der Waals surface area contributed by atoms with Crippen molar-refractivity contribution in [3.05, 3.63) is 38.4 Å². The molecule has 1 fully saturated rings. The fraction of sp³-hybridized carbons (Fsp3) is 0.500. The Morgan fingerprint density at radius 3 is 2.80 bits per heavy atom. The number of hydrogen-bond donors (Lipinski definition) is 1. The van der Waals surface area contributed by atoms with Crippen LogP contribution >= 0.6 is 11.8 Å². The molecule has 2 aromatic heterocycles. The number of aromatic nitrogens is 5. The minimum atomic E-state index is -0.318. The molecule has 2 heterocycles. The fourth-order valence-electron chi connectivity index (χ4n) is 1.92. The van der Waals surface area contributed by atoms with Crippen LogP contribution in [0, 0.1) is 0 Å². The van der Waals surface area contributed by atoms with Gasteiger partial charge in [0, 0.05) is 37.5 Å². The molecule has 0 saturated heterocycles. The van der Waals surface area contributed by atoms with Crippen LogP contribution in [0.1, 0.15) is 30.3 Å². The van der Waals surface area contributed by atoms with Crippen LogP contribution in [0.25, 0.3) is 0 Å². The molecule has 2 aromatic rings. The van der Waals surface area contributed by atoms with Crippen LogP contribution in [-0.2, 0) is 19.8 Å². The van der Waals surface area contributed by atoms with Crippen molar-refractivity contribution in [3.8, 4) is 0 Å². The summed E-state index contributed by atoms with van der Waals surface area (Å²) in [4.78, 5) is 27.8. The SMILES string of the molecule is Cn1c(CSc2n[nH]c(C3CC3)n2)cc(=O)n(C)c1=O. The molecule has 0 aliphatic heterocycles. The normalized spacial score (nSPS) is 14.7. The number of H-pyrrole nitrogens is 1. The lowest BCUT2D eigenvalue weighted by atomic mass is 10.4. The summed E-state index contributed by atoms with van der Waals surface area (Å²) in [7, 11) is 3.13. The van der Waals surface area contributed by atoms with Gasteiger partial charge in [-0.15, -0.1) is 5.10 Å². The van der Waals surface area contributed by atoms with E-state index in [1.165, 1.54) is 42.3 Å². The molecular weight excluding hydrogens is 278 g/mol. The molecule has 20 heavy (non-hydrogen) atoms. The van der Waals surface area contributed by atoms with Gasteiger partial charge in [-0.05, 0) is 12.8 Å². The predicted molar refractivity (Wildman–Crippen MR) is 74.8 cm³/mol. The Labute approximate surface area is 119 Å². The van der Waals surface area contributed by atoms with E-state index in [1.807, 2.05) is 0 Å². The molecule has 7 nitrogen and oxygen atoms in total. The average molecular weight is 293 g/mol. The van der Waals surface area contributed by atoms with Crippen molar-refractivity contribution < 1.29 is 0 Å². The van der Waals surface area contributed by atoms with E-state index >= 15 is 0 Å². The molecule has 0 radical (unpaired) electrons. The zero-order valence-electron chi connectivity index (χ0n) is 11.3. The monoisotopic (exact) mass is 293 g/mol. The Hall–Kier alpha value is -1.83. The van der Waals surface area contributed by atoms with Gasteiger partial charge in [0.2, 0.25) is 5.16 Å². The summed E-state index contributed by atoms with van der Waals surface area (Å²) in [5.74, 6) is 1.96. The van der Waals surface area contributed by atoms with Gasteiger partial charge in [0.25, 0.3) is 5.56 Å². The summed E-state index contributed by atoms with van der Waals surface area (Å²) < 4.78 is 2.56. The molecule has 0 unspecified atom stereocenters. The Bertz CT molecular complexity index is 756. The lowest BCUT2D eigenvalue weighted by molar-refractivity contribution is 0.665. The molecule has 3 rings (SSSR count). The van der Waals surface area contributed by atoms with E-state index in [0.29, 0.717) is 22.5 Å². The number of hydrogen-bond acceptors (Lipinski definition) is 5. The van der Waals surface area contributed by atoms with Gasteiger partial charge in [0.15, 0.2) is 0 Å². The van der Waals surface area contributed by atoms with E-state index in [1.54, 1.807) is 7.05 Å². The van der Waals surface area contributed by atoms with Crippen LogP contribution in [0.15, 0.2) is 20.8 Å². The maximum atomic E-state index is 11.8. The highest BCUT2D eigenvalue weighted by Gasteiger charge is 2.27. The summed E-state index contributed by atoms with van der Waals surface area (Å²) in [6, 6.07) is 1.48. The van der Waals surface area contributed by atoms with Crippen molar-refractivity contribution in [3.63, 3.8) is 0 Å². The van der Waals surface area contributed by atoms with Crippen LogP contribution in [0.2, 0.25) is 0 Å². The summed E-state index contributed by atoms with van der Waals surface area (Å²) in [5, 5.41) is 7.73. The average Bonchev–Trinajstić information content (AvgIpc) is 3.18. The van der Waals surface area contributed by atoms with Crippen LogP contribution in [0.3, 0.4) is 0 Å². The first-order chi connectivity index (χ1) is 9.56. The molecule has 106 valence electrons. The second-order valence-electron chi connectivity index (χ2n) is 4.94. The van der Waals surface area contributed by atoms with Crippen molar-refractivity contribution in [1.29, 1.82) is 0 Å². The highest BCUT2D eigenvalue weighted by Crippen LogP contribution is 2.38. The molecule has 0 spiro atoms. The number of rotatable bonds is 4. The smallest absolute Gasteiger partial charge is 0.300 e. The maximum Gasteiger partial charge on any atom is 0.330 e. The summed E-state index contributed by atoms with van der Waals surface area (Å²) in [5.41, 5.74) is 0.0555. The summed E-state index contributed by atoms with van der Waals surface area (Å²) in [6.07, 6.45) is 2.34. The van der Waals surface area contributed by atoms with E-state index in [-0.39, 0.29) is 11.2 Å². The molecule has 0 amide bonds. The van der Waals surface area contributed by atoms with Crippen molar-refractivity contribution in [2.75, 3.05) is 0 Å². The van der Waals surface area contributed by atoms with Gasteiger partial charge in [0.05, 0.1) is 0 Å². The number of nitrogens with one attached hydrogen (secondary N) is 1. The van der Waals surface area contributed by atoms with E-state index in [9.17, 15) is 9.59 Å². The quantitative estimate of drug-likeness (QED) is 0.823. The highest BCUT2D eigenvalue weighted by molar-refractivity contribution is 7.98. The van der Waals surface area contributed by atoms with Gasteiger partial charge in [-0.2, -0.15) is 0 Å². The summed E-state index contributed by atoms with van der Waals surface area (Å²) in [6.45, 7) is 0. The van der Waals surface area contributed by atoms with Gasteiger partial charge in [-0.3, -0.25) is 19.0 Å². The van der Waals surface area contributed by atoms with Gasteiger partial charge in [-0.1, -0.05) is 11.8 Å². The van der Waals surface area contributed by atoms with Crippen molar-refractivity contribution in [1.82, 2.24) is 24.3 Å². The third-order valence-corrected chi connectivity index (χ3v) is 4.30. The Balaban J connectivity index is 1.77. The Morgan fingerprint density at radius 1 is 1.35 bits per heavy atom. The first kappa shape index (κ1) is 13.2. The standard InChI is InChI=1S/C12H15N5O2S/c1-16-8(5-9(18)17(2)12(16)19)6-20-11-13-10(14-15-11)7-3-4-7/h5,7H,3-4,6H2,1-2H3,(H,13,14,15). The lowest BCUT2D eigenvalue weighted by Gasteiger charge is -2.07. The Morgan fingerprint density at radius 2 is 2.10 bits per heavy atom. The number of aromatic amines is 1. The molecule has 1 N–H and O–H groups in total. The van der Waals surface area contributed by atoms with Gasteiger partial charge < -0.3 is 0 Å². The van der Waals surface area contributed by atoms with Gasteiger partial charge >= 0.3 is 5.69 Å². The fourth-order valence-corrected chi connectivity index (χ4v) is 2.74. The first-order valence-electron chi connectivity index (χ1n) is 6.37. The van der Waals surface area contributed by atoms with Crippen molar-refractivity contribution in [2.45, 2.75) is 29.7 Å². The zero-order chi connectivity index (χ0) is 14.3. The van der Waals surface area contributed by atoms with Gasteiger partial charge in [0.1, 0.15) is 5.82 Å². The predicted octanol–water partition coefficient (Wildman–Crippen LogP) is 0.372. The second-order valence-corrected chi connectivity index (χ2v) is 5.88. The molecule has 1 aliphatic carbocycles. The molecule has 1 saturated carbocycles.